The molecule has 0 aromatic heterocycles. The number of hydrogen-bond acceptors (Lipinski definition) is 0. The molecule has 0 aliphatic carbocycles. The van der Waals surface area contributed by atoms with Crippen molar-refractivity contribution in [3.8, 4) is 0 Å². The fourth-order valence-corrected chi connectivity index (χ4v) is 131. The molecule has 0 amide bonds. The van der Waals surface area contributed by atoms with Gasteiger partial charge in [0.05, 0.1) is 0 Å². The third-order valence-corrected chi connectivity index (χ3v) is 111. The molecule has 0 bridgehead atoms. The van der Waals surface area contributed by atoms with Crippen LogP contribution in [-0.4, -0.2) is 38.7 Å². The lowest BCUT2D eigenvalue weighted by Gasteiger charge is -2.55. The van der Waals surface area contributed by atoms with Gasteiger partial charge in [-0.25, -0.2) is 0 Å². The summed E-state index contributed by atoms with van der Waals surface area (Å²) in [6, 6.07) is 4.86. The summed E-state index contributed by atoms with van der Waals surface area (Å²) in [5, 5.41) is 0. The van der Waals surface area contributed by atoms with Crippen molar-refractivity contribution in [3.63, 3.8) is 0 Å². The van der Waals surface area contributed by atoms with Gasteiger partial charge in [-0.05, 0) is 0 Å². The van der Waals surface area contributed by atoms with Gasteiger partial charge in [0.1, 0.15) is 0 Å². The van der Waals surface area contributed by atoms with Crippen molar-refractivity contribution >= 4 is 38.7 Å². The predicted molar refractivity (Wildman–Crippen MR) is 99.6 cm³/mol. The molecule has 0 aromatic rings. The van der Waals surface area contributed by atoms with E-state index in [2.05, 4.69) is 60.1 Å². The van der Waals surface area contributed by atoms with Gasteiger partial charge in [0.25, 0.3) is 0 Å². The Morgan fingerprint density at radius 2 is 0.824 bits per heavy atom. The molecule has 5 heteroatoms. The lowest BCUT2D eigenvalue weighted by molar-refractivity contribution is 1.21. The molecule has 0 radical (unpaired) electrons. The Balaban J connectivity index is 5.88. The van der Waals surface area contributed by atoms with Crippen molar-refractivity contribution in [1.29, 1.82) is 0 Å². The van der Waals surface area contributed by atoms with Gasteiger partial charge in [0, 0.05) is 38.7 Å². The van der Waals surface area contributed by atoms with Crippen LogP contribution in [0.2, 0.25) is 57.4 Å². The van der Waals surface area contributed by atoms with Gasteiger partial charge in [0.15, 0.2) is 0 Å². The zero-order valence-electron chi connectivity index (χ0n) is 13.9. The maximum absolute atomic E-state index is 2.74. The molecule has 0 nitrogen and oxygen atoms in total. The molecule has 0 aromatic carbocycles. The van der Waals surface area contributed by atoms with Gasteiger partial charge in [-0.3, -0.25) is 0 Å². The van der Waals surface area contributed by atoms with Crippen molar-refractivity contribution in [2.45, 2.75) is 78.2 Å². The van der Waals surface area contributed by atoms with Crippen LogP contribution in [0.15, 0.2) is 0 Å². The smallest absolute Gasteiger partial charge is 0.0387 e. The van der Waals surface area contributed by atoms with Crippen LogP contribution in [-0.2, 0) is 0 Å². The molecule has 0 aliphatic rings. The van der Waals surface area contributed by atoms with E-state index in [0.29, 0.717) is 0 Å². The summed E-state index contributed by atoms with van der Waals surface area (Å²) in [6.07, 6.45) is -0.752. The lowest BCUT2D eigenvalue weighted by atomic mass is 10.9. The van der Waals surface area contributed by atoms with Crippen LogP contribution in [0.3, 0.4) is 0 Å². The van der Waals surface area contributed by atoms with Crippen LogP contribution in [0.1, 0.15) is 20.8 Å². The van der Waals surface area contributed by atoms with E-state index in [1.165, 1.54) is 0 Å². The maximum atomic E-state index is 2.74. The van der Waals surface area contributed by atoms with Crippen LogP contribution < -0.4 is 0 Å². The van der Waals surface area contributed by atoms with E-state index < -0.39 is 38.7 Å². The molecule has 0 unspecified atom stereocenters. The topological polar surface area (TPSA) is 0 Å². The first kappa shape index (κ1) is 18.1. The molecule has 104 valence electrons. The minimum atomic E-state index is -0.862. The van der Waals surface area contributed by atoms with E-state index in [1.54, 1.807) is 18.1 Å². The van der Waals surface area contributed by atoms with Crippen molar-refractivity contribution in [3.05, 3.63) is 0 Å². The molecule has 17 heavy (non-hydrogen) atoms. The molecule has 0 heterocycles. The molecule has 0 N–H and O–H groups in total. The molecule has 0 rings (SSSR count). The highest BCUT2D eigenvalue weighted by Gasteiger charge is 2.57. The summed E-state index contributed by atoms with van der Waals surface area (Å²) < 4.78 is 0. The average molecular weight is 321 g/mol. The SMILES string of the molecule is CC[Si](CC)(CC)[Si]([SiH](C)C)([SiH](C)C)[SiH](C)C. The molecule has 0 atom stereocenters. The first-order valence-electron chi connectivity index (χ1n) is 7.76. The van der Waals surface area contributed by atoms with E-state index in [9.17, 15) is 0 Å². The fraction of sp³-hybridized carbons (Fsp3) is 1.00. The zero-order valence-corrected chi connectivity index (χ0v) is 19.3. The van der Waals surface area contributed by atoms with E-state index >= 15 is 0 Å². The van der Waals surface area contributed by atoms with Crippen molar-refractivity contribution in [2.75, 3.05) is 0 Å². The maximum Gasteiger partial charge on any atom is 0.0387 e. The summed E-state index contributed by atoms with van der Waals surface area (Å²) in [4.78, 5) is 0. The fourth-order valence-electron chi connectivity index (χ4n) is 5.51. The van der Waals surface area contributed by atoms with Gasteiger partial charge in [-0.15, -0.1) is 0 Å². The van der Waals surface area contributed by atoms with Gasteiger partial charge >= 0.3 is 0 Å². The molecule has 0 saturated carbocycles. The number of hydrogen-bond donors (Lipinski definition) is 0. The van der Waals surface area contributed by atoms with Crippen LogP contribution in [0.25, 0.3) is 0 Å². The second kappa shape index (κ2) is 7.02. The first-order chi connectivity index (χ1) is 7.76. The summed E-state index contributed by atoms with van der Waals surface area (Å²) in [7, 11) is -2.03. The highest BCUT2D eigenvalue weighted by atomic mass is 30.2. The molecular weight excluding hydrogens is 285 g/mol. The van der Waals surface area contributed by atoms with Crippen LogP contribution in [0, 0.1) is 0 Å². The normalized spacial score (nSPS) is 14.1. The van der Waals surface area contributed by atoms with Gasteiger partial charge in [-0.2, -0.15) is 0 Å². The van der Waals surface area contributed by atoms with E-state index in [1.807, 2.05) is 0 Å². The van der Waals surface area contributed by atoms with Crippen LogP contribution in [0.4, 0.5) is 0 Å². The Bertz CT molecular complexity index is 191. The molecule has 0 spiro atoms. The number of rotatable bonds is 7. The highest BCUT2D eigenvalue weighted by Crippen LogP contribution is 2.36. The van der Waals surface area contributed by atoms with Crippen molar-refractivity contribution in [2.24, 2.45) is 0 Å². The van der Waals surface area contributed by atoms with E-state index in [0.717, 1.165) is 0 Å². The Morgan fingerprint density at radius 1 is 0.588 bits per heavy atom. The Kier molecular flexibility index (Phi) is 7.47. The largest absolute Gasteiger partial charge is 0.0746 e. The molecular formula is C12H36Si5. The highest BCUT2D eigenvalue weighted by molar-refractivity contribution is 7.99. The van der Waals surface area contributed by atoms with Gasteiger partial charge < -0.3 is 0 Å². The molecule has 0 fully saturated rings. The summed E-state index contributed by atoms with van der Waals surface area (Å²) in [5.74, 6) is 0. The molecule has 0 aliphatic heterocycles. The third-order valence-electron chi connectivity index (χ3n) is 5.81. The van der Waals surface area contributed by atoms with Crippen molar-refractivity contribution in [1.82, 2.24) is 0 Å². The monoisotopic (exact) mass is 320 g/mol. The second-order valence-corrected chi connectivity index (χ2v) is 56.2. The zero-order chi connectivity index (χ0) is 13.9. The van der Waals surface area contributed by atoms with E-state index in [-0.39, 0.29) is 0 Å². The van der Waals surface area contributed by atoms with E-state index in [4.69, 9.17) is 0 Å². The minimum Gasteiger partial charge on any atom is -0.0746 e. The lowest BCUT2D eigenvalue weighted by Crippen LogP contribution is -2.82. The summed E-state index contributed by atoms with van der Waals surface area (Å²) in [5.41, 5.74) is 0. The standard InChI is InChI=1S/C12H36Si5/c1-10-16(11-2,12-3)17(13(4)5,14(6)7)15(8)9/h13-15H,10-12H2,1-9H3. The molecule has 0 saturated heterocycles. The Labute approximate surface area is 117 Å². The predicted octanol–water partition coefficient (Wildman–Crippen LogP) is 3.72. The Hall–Kier alpha value is 1.08. The summed E-state index contributed by atoms with van der Waals surface area (Å²) in [6.45, 7) is 24.2. The Morgan fingerprint density at radius 3 is 0.882 bits per heavy atom. The minimum absolute atomic E-state index is 0.391. The van der Waals surface area contributed by atoms with Gasteiger partial charge in [0.2, 0.25) is 0 Å². The third kappa shape index (κ3) is 2.83. The summed E-state index contributed by atoms with van der Waals surface area (Å²) >= 11 is 0. The van der Waals surface area contributed by atoms with Crippen molar-refractivity contribution < 1.29 is 0 Å². The average Bonchev–Trinajstić information content (AvgIpc) is 2.24. The van der Waals surface area contributed by atoms with Gasteiger partial charge in [-0.1, -0.05) is 78.2 Å². The van der Waals surface area contributed by atoms with Crippen LogP contribution >= 0.6 is 0 Å². The second-order valence-electron chi connectivity index (χ2n) is 6.74. The van der Waals surface area contributed by atoms with Crippen LogP contribution in [0.5, 0.6) is 0 Å². The first-order valence-corrected chi connectivity index (χ1v) is 25.7. The quantitative estimate of drug-likeness (QED) is 0.627.